The molecule has 1 atom stereocenters. The first-order valence-electron chi connectivity index (χ1n) is 5.37. The molecule has 0 fully saturated rings. The molecule has 102 valence electrons. The number of phenols is 1. The van der Waals surface area contributed by atoms with E-state index in [2.05, 4.69) is 4.74 Å². The number of carbonyl (C=O) groups is 1. The van der Waals surface area contributed by atoms with E-state index >= 15 is 0 Å². The Morgan fingerprint density at radius 2 is 2.17 bits per heavy atom. The van der Waals surface area contributed by atoms with Crippen LogP contribution in [0.2, 0.25) is 0 Å². The minimum absolute atomic E-state index is 0. The van der Waals surface area contributed by atoms with Gasteiger partial charge in [-0.2, -0.15) is 0 Å². The molecule has 5 nitrogen and oxygen atoms in total. The van der Waals surface area contributed by atoms with Gasteiger partial charge in [0.05, 0.1) is 20.1 Å². The maximum Gasteiger partial charge on any atom is 0.307 e. The summed E-state index contributed by atoms with van der Waals surface area (Å²) in [7, 11) is 1.30. The summed E-state index contributed by atoms with van der Waals surface area (Å²) in [6.45, 7) is 2.27. The van der Waals surface area contributed by atoms with Crippen LogP contribution in [0.3, 0.4) is 0 Å². The van der Waals surface area contributed by atoms with Crippen LogP contribution in [-0.4, -0.2) is 24.8 Å². The quantitative estimate of drug-likeness (QED) is 0.801. The second-order valence-electron chi connectivity index (χ2n) is 3.51. The fourth-order valence-electron chi connectivity index (χ4n) is 1.48. The van der Waals surface area contributed by atoms with Crippen molar-refractivity contribution in [2.75, 3.05) is 13.7 Å². The minimum Gasteiger partial charge on any atom is -0.504 e. The van der Waals surface area contributed by atoms with Gasteiger partial charge in [-0.15, -0.1) is 12.4 Å². The molecule has 0 saturated heterocycles. The summed E-state index contributed by atoms with van der Waals surface area (Å²) in [5, 5.41) is 9.92. The number of carbonyl (C=O) groups excluding carboxylic acids is 1. The van der Waals surface area contributed by atoms with Crippen molar-refractivity contribution in [2.24, 2.45) is 5.73 Å². The lowest BCUT2D eigenvalue weighted by molar-refractivity contribution is -0.141. The van der Waals surface area contributed by atoms with E-state index in [0.717, 1.165) is 0 Å². The van der Waals surface area contributed by atoms with Crippen molar-refractivity contribution in [1.82, 2.24) is 0 Å². The number of aromatic hydroxyl groups is 1. The topological polar surface area (TPSA) is 81.8 Å². The molecule has 0 radical (unpaired) electrons. The van der Waals surface area contributed by atoms with Gasteiger partial charge in [0.2, 0.25) is 0 Å². The maximum absolute atomic E-state index is 11.1. The highest BCUT2D eigenvalue weighted by Gasteiger charge is 2.17. The van der Waals surface area contributed by atoms with Gasteiger partial charge < -0.3 is 20.3 Å². The number of halogens is 1. The second kappa shape index (κ2) is 7.79. The minimum atomic E-state index is -0.608. The molecule has 0 heterocycles. The van der Waals surface area contributed by atoms with Crippen molar-refractivity contribution in [1.29, 1.82) is 0 Å². The van der Waals surface area contributed by atoms with E-state index in [0.29, 0.717) is 17.9 Å². The standard InChI is InChI=1S/C12H17NO4.ClH/c1-3-17-10-6-4-5-8(12(10)15)9(13)7-11(14)16-2;/h4-6,9,15H,3,7,13H2,1-2H3;1H/t9-;/m1./s1. The fourth-order valence-corrected chi connectivity index (χ4v) is 1.48. The number of phenolic OH excluding ortho intramolecular Hbond substituents is 1. The van der Waals surface area contributed by atoms with Crippen LogP contribution in [-0.2, 0) is 9.53 Å². The number of ether oxygens (including phenoxy) is 2. The summed E-state index contributed by atoms with van der Waals surface area (Å²) < 4.78 is 9.77. The van der Waals surface area contributed by atoms with E-state index in [1.165, 1.54) is 7.11 Å². The van der Waals surface area contributed by atoms with Gasteiger partial charge >= 0.3 is 5.97 Å². The van der Waals surface area contributed by atoms with Gasteiger partial charge in [-0.3, -0.25) is 4.79 Å². The summed E-state index contributed by atoms with van der Waals surface area (Å²) in [5.41, 5.74) is 6.29. The Bertz CT molecular complexity index is 398. The van der Waals surface area contributed by atoms with Crippen molar-refractivity contribution in [3.05, 3.63) is 23.8 Å². The molecule has 0 aliphatic carbocycles. The first-order chi connectivity index (χ1) is 8.10. The molecule has 1 aromatic carbocycles. The van der Waals surface area contributed by atoms with Gasteiger partial charge in [0.25, 0.3) is 0 Å². The number of hydrogen-bond donors (Lipinski definition) is 2. The lowest BCUT2D eigenvalue weighted by atomic mass is 10.0. The van der Waals surface area contributed by atoms with Crippen molar-refractivity contribution >= 4 is 18.4 Å². The predicted octanol–water partition coefficient (Wildman–Crippen LogP) is 1.78. The van der Waals surface area contributed by atoms with Crippen LogP contribution in [0.4, 0.5) is 0 Å². The average molecular weight is 276 g/mol. The number of nitrogens with two attached hydrogens (primary N) is 1. The lowest BCUT2D eigenvalue weighted by Crippen LogP contribution is -2.16. The normalized spacial score (nSPS) is 11.3. The van der Waals surface area contributed by atoms with E-state index in [9.17, 15) is 9.90 Å². The van der Waals surface area contributed by atoms with E-state index in [-0.39, 0.29) is 24.6 Å². The zero-order valence-electron chi connectivity index (χ0n) is 10.4. The summed E-state index contributed by atoms with van der Waals surface area (Å²) in [6, 6.07) is 4.42. The molecule has 18 heavy (non-hydrogen) atoms. The zero-order valence-corrected chi connectivity index (χ0v) is 11.2. The van der Waals surface area contributed by atoms with Crippen LogP contribution < -0.4 is 10.5 Å². The average Bonchev–Trinajstić information content (AvgIpc) is 2.31. The summed E-state index contributed by atoms with van der Waals surface area (Å²) in [4.78, 5) is 11.1. The van der Waals surface area contributed by atoms with Crippen LogP contribution in [0.25, 0.3) is 0 Å². The van der Waals surface area contributed by atoms with Crippen molar-refractivity contribution in [2.45, 2.75) is 19.4 Å². The van der Waals surface area contributed by atoms with Crippen LogP contribution >= 0.6 is 12.4 Å². The smallest absolute Gasteiger partial charge is 0.307 e. The van der Waals surface area contributed by atoms with Gasteiger partial charge in [-0.05, 0) is 13.0 Å². The first kappa shape index (κ1) is 16.5. The third kappa shape index (κ3) is 4.09. The Hall–Kier alpha value is -1.46. The number of benzene rings is 1. The molecular formula is C12H18ClNO4. The summed E-state index contributed by atoms with van der Waals surface area (Å²) >= 11 is 0. The molecule has 0 spiro atoms. The first-order valence-corrected chi connectivity index (χ1v) is 5.37. The van der Waals surface area contributed by atoms with Gasteiger partial charge in [-0.1, -0.05) is 12.1 Å². The largest absolute Gasteiger partial charge is 0.504 e. The number of hydrogen-bond acceptors (Lipinski definition) is 5. The van der Waals surface area contributed by atoms with Crippen LogP contribution in [0.1, 0.15) is 24.9 Å². The SMILES string of the molecule is CCOc1cccc([C@H](N)CC(=O)OC)c1O.Cl. The molecule has 0 unspecified atom stereocenters. The predicted molar refractivity (Wildman–Crippen MR) is 70.1 cm³/mol. The van der Waals surface area contributed by atoms with E-state index in [4.69, 9.17) is 10.5 Å². The Labute approximate surface area is 112 Å². The Balaban J connectivity index is 0.00000289. The zero-order chi connectivity index (χ0) is 12.8. The van der Waals surface area contributed by atoms with Gasteiger partial charge in [0, 0.05) is 11.6 Å². The van der Waals surface area contributed by atoms with Crippen LogP contribution in [0, 0.1) is 0 Å². The van der Waals surface area contributed by atoms with Crippen molar-refractivity contribution < 1.29 is 19.4 Å². The second-order valence-corrected chi connectivity index (χ2v) is 3.51. The van der Waals surface area contributed by atoms with Gasteiger partial charge in [0.15, 0.2) is 11.5 Å². The molecule has 0 saturated carbocycles. The molecule has 0 aliphatic heterocycles. The molecule has 0 aliphatic rings. The molecule has 1 aromatic rings. The number of para-hydroxylation sites is 1. The number of methoxy groups -OCH3 is 1. The molecule has 0 amide bonds. The van der Waals surface area contributed by atoms with Gasteiger partial charge in [-0.25, -0.2) is 0 Å². The number of esters is 1. The molecule has 6 heteroatoms. The molecular weight excluding hydrogens is 258 g/mol. The highest BCUT2D eigenvalue weighted by atomic mass is 35.5. The Morgan fingerprint density at radius 1 is 1.50 bits per heavy atom. The Kier molecular flexibility index (Phi) is 7.16. The molecule has 0 aromatic heterocycles. The maximum atomic E-state index is 11.1. The number of rotatable bonds is 5. The lowest BCUT2D eigenvalue weighted by Gasteiger charge is -2.14. The van der Waals surface area contributed by atoms with Gasteiger partial charge in [0.1, 0.15) is 0 Å². The van der Waals surface area contributed by atoms with Crippen LogP contribution in [0.5, 0.6) is 11.5 Å². The Morgan fingerprint density at radius 3 is 2.72 bits per heavy atom. The van der Waals surface area contributed by atoms with Crippen LogP contribution in [0.15, 0.2) is 18.2 Å². The van der Waals surface area contributed by atoms with E-state index in [1.54, 1.807) is 18.2 Å². The fraction of sp³-hybridized carbons (Fsp3) is 0.417. The van der Waals surface area contributed by atoms with Crippen molar-refractivity contribution in [3.8, 4) is 11.5 Å². The molecule has 1 rings (SSSR count). The third-order valence-corrected chi connectivity index (χ3v) is 2.34. The van der Waals surface area contributed by atoms with E-state index < -0.39 is 12.0 Å². The van der Waals surface area contributed by atoms with Crippen molar-refractivity contribution in [3.63, 3.8) is 0 Å². The highest BCUT2D eigenvalue weighted by molar-refractivity contribution is 5.85. The summed E-state index contributed by atoms with van der Waals surface area (Å²) in [5.74, 6) is -0.0743. The van der Waals surface area contributed by atoms with E-state index in [1.807, 2.05) is 6.92 Å². The summed E-state index contributed by atoms with van der Waals surface area (Å²) in [6.07, 6.45) is 0.0135. The monoisotopic (exact) mass is 275 g/mol. The highest BCUT2D eigenvalue weighted by Crippen LogP contribution is 2.33. The molecule has 3 N–H and O–H groups in total. The third-order valence-electron chi connectivity index (χ3n) is 2.34. The molecule has 0 bridgehead atoms.